The summed E-state index contributed by atoms with van der Waals surface area (Å²) in [4.78, 5) is 12.5. The Morgan fingerprint density at radius 1 is 0.933 bits per heavy atom. The van der Waals surface area contributed by atoms with E-state index in [-0.39, 0.29) is 10.5 Å². The van der Waals surface area contributed by atoms with Crippen molar-refractivity contribution in [1.82, 2.24) is 0 Å². The van der Waals surface area contributed by atoms with E-state index in [1.165, 1.54) is 0 Å². The molecule has 1 aliphatic heterocycles. The number of hydrogen-bond acceptors (Lipinski definition) is 3. The molecule has 1 fully saturated rings. The zero-order valence-corrected chi connectivity index (χ0v) is 19.6. The van der Waals surface area contributed by atoms with Crippen LogP contribution in [0, 0.1) is 11.3 Å². The molecule has 1 aliphatic carbocycles. The van der Waals surface area contributed by atoms with Crippen LogP contribution in [0.3, 0.4) is 0 Å². The third-order valence-corrected chi connectivity index (χ3v) is 11.7. The molecule has 4 heteroatoms. The van der Waals surface area contributed by atoms with E-state index in [1.54, 1.807) is 0 Å². The van der Waals surface area contributed by atoms with E-state index in [9.17, 15) is 4.80 Å². The van der Waals surface area contributed by atoms with Crippen molar-refractivity contribution in [3.63, 3.8) is 0 Å². The maximum absolute atomic E-state index is 12.5. The van der Waals surface area contributed by atoms with E-state index in [0.29, 0.717) is 19.1 Å². The van der Waals surface area contributed by atoms with E-state index >= 15 is 0 Å². The molecule has 0 radical (unpaired) electrons. The van der Waals surface area contributed by atoms with Gasteiger partial charge in [-0.15, -0.1) is 0 Å². The van der Waals surface area contributed by atoms with Crippen LogP contribution in [0.25, 0.3) is 0 Å². The summed E-state index contributed by atoms with van der Waals surface area (Å²) in [7, 11) is -3.01. The van der Waals surface area contributed by atoms with E-state index in [1.807, 2.05) is 36.4 Å². The largest absolute Gasteiger partial charge is 0.424 e. The van der Waals surface area contributed by atoms with Gasteiger partial charge in [0, 0.05) is 6.42 Å². The number of allylic oxidation sites excluding steroid dienone is 1. The fourth-order valence-corrected chi connectivity index (χ4v) is 9.13. The van der Waals surface area contributed by atoms with Crippen molar-refractivity contribution < 1.29 is 14.3 Å². The predicted octanol–water partition coefficient (Wildman–Crippen LogP) is 4.25. The average molecular weight is 423 g/mol. The van der Waals surface area contributed by atoms with Gasteiger partial charge in [-0.2, -0.15) is 0 Å². The summed E-state index contributed by atoms with van der Waals surface area (Å²) >= 11 is 0. The second-order valence-electron chi connectivity index (χ2n) is 10.2. The molecule has 0 bridgehead atoms. The summed E-state index contributed by atoms with van der Waals surface area (Å²) in [5.74, 6) is -0.228. The van der Waals surface area contributed by atoms with Crippen LogP contribution in [0.15, 0.2) is 72.8 Å². The van der Waals surface area contributed by atoms with Gasteiger partial charge < -0.3 is 14.3 Å². The number of benzene rings is 2. The lowest BCUT2D eigenvalue weighted by Gasteiger charge is -2.48. The predicted molar refractivity (Wildman–Crippen MR) is 124 cm³/mol. The molecule has 1 atom stereocenters. The zero-order chi connectivity index (χ0) is 21.5. The lowest BCUT2D eigenvalue weighted by Crippen LogP contribution is -2.66. The standard InChI is InChI=1S/C26H34O3Si/c1-24(2)20-26(28-17-18-29-26)16-15-21(24)19-25(3,4)30(27,22-11-7-5-8-12-22)23-13-9-6-10-14-23/h5-16,21,27H,17-20H2,1-4H3/t21-/m0/s1. The molecular formula is C26H34O3Si. The Bertz CT molecular complexity index is 844. The molecule has 160 valence electrons. The van der Waals surface area contributed by atoms with Crippen LogP contribution in [0.1, 0.15) is 40.5 Å². The number of hydrogen-bond donors (Lipinski definition) is 1. The third-order valence-electron chi connectivity index (χ3n) is 7.16. The first-order valence-corrected chi connectivity index (χ1v) is 12.9. The molecule has 30 heavy (non-hydrogen) atoms. The third kappa shape index (κ3) is 3.71. The first kappa shape index (κ1) is 21.5. The smallest absolute Gasteiger partial charge is 0.258 e. The minimum absolute atomic E-state index is 0.0129. The quantitative estimate of drug-likeness (QED) is 0.578. The lowest BCUT2D eigenvalue weighted by molar-refractivity contribution is -0.150. The topological polar surface area (TPSA) is 38.7 Å². The highest BCUT2D eigenvalue weighted by Gasteiger charge is 2.53. The minimum Gasteiger partial charge on any atom is -0.424 e. The highest BCUT2D eigenvalue weighted by atomic mass is 28.4. The van der Waals surface area contributed by atoms with Crippen molar-refractivity contribution in [3.8, 4) is 0 Å². The first-order chi connectivity index (χ1) is 14.2. The Kier molecular flexibility index (Phi) is 5.56. The van der Waals surface area contributed by atoms with Gasteiger partial charge in [-0.05, 0) is 39.2 Å². The van der Waals surface area contributed by atoms with E-state index in [0.717, 1.165) is 23.2 Å². The van der Waals surface area contributed by atoms with Gasteiger partial charge in [0.15, 0.2) is 5.79 Å². The first-order valence-electron chi connectivity index (χ1n) is 11.0. The normalized spacial score (nSPS) is 23.0. The fraction of sp³-hybridized carbons (Fsp3) is 0.462. The summed E-state index contributed by atoms with van der Waals surface area (Å²) in [5, 5.41) is 1.86. The maximum atomic E-state index is 12.5. The Balaban J connectivity index is 1.71. The molecule has 0 saturated carbocycles. The van der Waals surface area contributed by atoms with Crippen LogP contribution in [0.4, 0.5) is 0 Å². The van der Waals surface area contributed by atoms with Gasteiger partial charge in [0.05, 0.1) is 13.2 Å². The van der Waals surface area contributed by atoms with Crippen LogP contribution in [-0.4, -0.2) is 32.1 Å². The van der Waals surface area contributed by atoms with Gasteiger partial charge in [-0.1, -0.05) is 94.4 Å². The van der Waals surface area contributed by atoms with Crippen molar-refractivity contribution in [2.45, 2.75) is 51.4 Å². The van der Waals surface area contributed by atoms with E-state index in [4.69, 9.17) is 9.47 Å². The molecule has 0 aromatic heterocycles. The van der Waals surface area contributed by atoms with Gasteiger partial charge in [-0.3, -0.25) is 0 Å². The Morgan fingerprint density at radius 2 is 1.43 bits per heavy atom. The molecule has 1 heterocycles. The second kappa shape index (κ2) is 7.76. The van der Waals surface area contributed by atoms with Crippen LogP contribution >= 0.6 is 0 Å². The Hall–Kier alpha value is -1.72. The van der Waals surface area contributed by atoms with Gasteiger partial charge >= 0.3 is 0 Å². The molecule has 2 aromatic rings. The van der Waals surface area contributed by atoms with Crippen LogP contribution in [0.2, 0.25) is 5.04 Å². The van der Waals surface area contributed by atoms with Crippen molar-refractivity contribution >= 4 is 18.7 Å². The SMILES string of the molecule is CC1(C)CC2(C=C[C@H]1CC(C)(C)[Si](O)(c1ccccc1)c1ccccc1)OCCO2. The fourth-order valence-electron chi connectivity index (χ4n) is 5.37. The number of rotatable bonds is 5. The Labute approximate surface area is 181 Å². The minimum atomic E-state index is -3.01. The highest BCUT2D eigenvalue weighted by molar-refractivity contribution is 6.98. The zero-order valence-electron chi connectivity index (χ0n) is 18.6. The van der Waals surface area contributed by atoms with Crippen molar-refractivity contribution in [2.24, 2.45) is 11.3 Å². The molecule has 2 aliphatic rings. The summed E-state index contributed by atoms with van der Waals surface area (Å²) in [6.07, 6.45) is 6.14. The molecule has 2 aromatic carbocycles. The molecule has 4 rings (SSSR count). The van der Waals surface area contributed by atoms with Crippen LogP contribution in [0.5, 0.6) is 0 Å². The molecule has 0 amide bonds. The van der Waals surface area contributed by atoms with Crippen molar-refractivity contribution in [2.75, 3.05) is 13.2 Å². The van der Waals surface area contributed by atoms with Gasteiger partial charge in [0.2, 0.25) is 0 Å². The summed E-state index contributed by atoms with van der Waals surface area (Å²) in [6.45, 7) is 10.4. The molecular weight excluding hydrogens is 388 g/mol. The van der Waals surface area contributed by atoms with Gasteiger partial charge in [0.25, 0.3) is 8.32 Å². The summed E-state index contributed by atoms with van der Waals surface area (Å²) < 4.78 is 11.9. The molecule has 3 nitrogen and oxygen atoms in total. The van der Waals surface area contributed by atoms with Gasteiger partial charge in [0.1, 0.15) is 0 Å². The molecule has 0 unspecified atom stereocenters. The van der Waals surface area contributed by atoms with Crippen LogP contribution < -0.4 is 10.4 Å². The summed E-state index contributed by atoms with van der Waals surface area (Å²) in [6, 6.07) is 20.6. The Morgan fingerprint density at radius 3 is 1.90 bits per heavy atom. The van der Waals surface area contributed by atoms with Crippen molar-refractivity contribution in [1.29, 1.82) is 0 Å². The molecule has 1 N–H and O–H groups in total. The average Bonchev–Trinajstić information content (AvgIpc) is 3.18. The monoisotopic (exact) mass is 422 g/mol. The maximum Gasteiger partial charge on any atom is 0.258 e. The van der Waals surface area contributed by atoms with Crippen LogP contribution in [-0.2, 0) is 9.47 Å². The molecule has 1 spiro atoms. The second-order valence-corrected chi connectivity index (χ2v) is 14.1. The summed E-state index contributed by atoms with van der Waals surface area (Å²) in [5.41, 5.74) is 0.0129. The highest BCUT2D eigenvalue weighted by Crippen LogP contribution is 2.52. The van der Waals surface area contributed by atoms with E-state index in [2.05, 4.69) is 64.1 Å². The molecule has 1 saturated heterocycles. The lowest BCUT2D eigenvalue weighted by atomic mass is 9.67. The van der Waals surface area contributed by atoms with Crippen molar-refractivity contribution in [3.05, 3.63) is 72.8 Å². The number of ether oxygens (including phenoxy) is 2. The van der Waals surface area contributed by atoms with E-state index < -0.39 is 14.1 Å². The van der Waals surface area contributed by atoms with Gasteiger partial charge in [-0.25, -0.2) is 0 Å².